The molecule has 3 aromatic rings. The fraction of sp³-hybridized carbons (Fsp3) is 0.217. The SMILES string of the molecule is CCOc1ccccc1NC(=O)CSc1nnc(CNC(=O)C=Cc2ccccc2Cl)n1C. The number of amides is 2. The number of nitrogens with one attached hydrogen (secondary N) is 2. The maximum atomic E-state index is 12.4. The van der Waals surface area contributed by atoms with Gasteiger partial charge in [-0.3, -0.25) is 9.59 Å². The largest absolute Gasteiger partial charge is 0.492 e. The van der Waals surface area contributed by atoms with Crippen LogP contribution in [0, 0.1) is 0 Å². The van der Waals surface area contributed by atoms with Crippen molar-refractivity contribution < 1.29 is 14.3 Å². The van der Waals surface area contributed by atoms with E-state index in [4.69, 9.17) is 16.3 Å². The van der Waals surface area contributed by atoms with Crippen LogP contribution >= 0.6 is 23.4 Å². The molecular weight excluding hydrogens is 462 g/mol. The van der Waals surface area contributed by atoms with Crippen LogP contribution in [0.25, 0.3) is 6.08 Å². The number of halogens is 1. The molecule has 0 spiro atoms. The molecule has 0 radical (unpaired) electrons. The van der Waals surface area contributed by atoms with E-state index in [0.717, 1.165) is 5.56 Å². The van der Waals surface area contributed by atoms with Gasteiger partial charge in [0.15, 0.2) is 11.0 Å². The third kappa shape index (κ3) is 7.10. The van der Waals surface area contributed by atoms with E-state index in [0.29, 0.717) is 34.0 Å². The van der Waals surface area contributed by atoms with Crippen LogP contribution in [0.15, 0.2) is 59.8 Å². The molecule has 1 aromatic heterocycles. The van der Waals surface area contributed by atoms with Crippen LogP contribution in [-0.4, -0.2) is 38.9 Å². The number of ether oxygens (including phenoxy) is 1. The molecule has 0 saturated heterocycles. The van der Waals surface area contributed by atoms with Crippen LogP contribution in [-0.2, 0) is 23.2 Å². The molecule has 0 unspecified atom stereocenters. The summed E-state index contributed by atoms with van der Waals surface area (Å²) < 4.78 is 7.26. The number of carbonyl (C=O) groups is 2. The first-order valence-electron chi connectivity index (χ1n) is 10.2. The molecule has 0 saturated carbocycles. The summed E-state index contributed by atoms with van der Waals surface area (Å²) in [5.74, 6) is 0.881. The maximum Gasteiger partial charge on any atom is 0.244 e. The molecule has 0 aliphatic rings. The third-order valence-electron chi connectivity index (χ3n) is 4.46. The standard InChI is InChI=1S/C23H24ClN5O3S/c1-3-32-19-11-7-6-10-18(19)26-22(31)15-33-23-28-27-20(29(23)2)14-25-21(30)13-12-16-8-4-5-9-17(16)24/h4-13H,3,14-15H2,1-2H3,(H,25,30)(H,26,31). The normalized spacial score (nSPS) is 10.9. The molecule has 2 amide bonds. The van der Waals surface area contributed by atoms with Crippen molar-refractivity contribution in [2.75, 3.05) is 17.7 Å². The lowest BCUT2D eigenvalue weighted by Crippen LogP contribution is -2.22. The summed E-state index contributed by atoms with van der Waals surface area (Å²) in [6.07, 6.45) is 3.07. The quantitative estimate of drug-likeness (QED) is 0.333. The minimum Gasteiger partial charge on any atom is -0.492 e. The fourth-order valence-electron chi connectivity index (χ4n) is 2.79. The molecular formula is C23H24ClN5O3S. The van der Waals surface area contributed by atoms with E-state index in [2.05, 4.69) is 20.8 Å². The number of thioether (sulfide) groups is 1. The Hall–Kier alpha value is -3.30. The molecule has 0 aliphatic heterocycles. The molecule has 2 aromatic carbocycles. The molecule has 0 atom stereocenters. The summed E-state index contributed by atoms with van der Waals surface area (Å²) in [6.45, 7) is 2.59. The Balaban J connectivity index is 1.50. The van der Waals surface area contributed by atoms with Crippen molar-refractivity contribution in [2.45, 2.75) is 18.6 Å². The lowest BCUT2D eigenvalue weighted by molar-refractivity contribution is -0.116. The van der Waals surface area contributed by atoms with Crippen LogP contribution in [0.1, 0.15) is 18.3 Å². The van der Waals surface area contributed by atoms with Gasteiger partial charge in [-0.25, -0.2) is 0 Å². The zero-order valence-electron chi connectivity index (χ0n) is 18.2. The second-order valence-electron chi connectivity index (χ2n) is 6.80. The minimum absolute atomic E-state index is 0.152. The number of anilines is 1. The van der Waals surface area contributed by atoms with Gasteiger partial charge in [-0.1, -0.05) is 53.7 Å². The van der Waals surface area contributed by atoms with Gasteiger partial charge >= 0.3 is 0 Å². The van der Waals surface area contributed by atoms with Gasteiger partial charge in [0.05, 0.1) is 24.6 Å². The molecule has 0 bridgehead atoms. The summed E-state index contributed by atoms with van der Waals surface area (Å²) in [5, 5.41) is 15.0. The van der Waals surface area contributed by atoms with E-state index < -0.39 is 0 Å². The second-order valence-corrected chi connectivity index (χ2v) is 8.15. The van der Waals surface area contributed by atoms with Crippen LogP contribution < -0.4 is 15.4 Å². The number of para-hydroxylation sites is 2. The first-order valence-corrected chi connectivity index (χ1v) is 11.6. The van der Waals surface area contributed by atoms with E-state index in [1.165, 1.54) is 17.8 Å². The van der Waals surface area contributed by atoms with Crippen LogP contribution in [0.4, 0.5) is 5.69 Å². The predicted molar refractivity (Wildman–Crippen MR) is 130 cm³/mol. The number of hydrogen-bond donors (Lipinski definition) is 2. The van der Waals surface area contributed by atoms with Crippen molar-refractivity contribution in [3.05, 3.63) is 71.0 Å². The molecule has 33 heavy (non-hydrogen) atoms. The highest BCUT2D eigenvalue weighted by molar-refractivity contribution is 7.99. The van der Waals surface area contributed by atoms with Gasteiger partial charge in [-0.05, 0) is 36.8 Å². The second kappa shape index (κ2) is 12.1. The van der Waals surface area contributed by atoms with Gasteiger partial charge in [0.1, 0.15) is 5.75 Å². The highest BCUT2D eigenvalue weighted by atomic mass is 35.5. The number of benzene rings is 2. The van der Waals surface area contributed by atoms with E-state index >= 15 is 0 Å². The van der Waals surface area contributed by atoms with E-state index in [9.17, 15) is 9.59 Å². The number of rotatable bonds is 10. The third-order valence-corrected chi connectivity index (χ3v) is 5.82. The van der Waals surface area contributed by atoms with Gasteiger partial charge in [0.2, 0.25) is 11.8 Å². The Bertz CT molecular complexity index is 1150. The van der Waals surface area contributed by atoms with E-state index in [1.54, 1.807) is 35.9 Å². The van der Waals surface area contributed by atoms with Crippen molar-refractivity contribution in [1.82, 2.24) is 20.1 Å². The summed E-state index contributed by atoms with van der Waals surface area (Å²) in [4.78, 5) is 24.5. The molecule has 2 N–H and O–H groups in total. The molecule has 1 heterocycles. The summed E-state index contributed by atoms with van der Waals surface area (Å²) in [7, 11) is 1.78. The number of nitrogens with zero attached hydrogens (tertiary/aromatic N) is 3. The Labute approximate surface area is 201 Å². The average molecular weight is 486 g/mol. The molecule has 10 heteroatoms. The van der Waals surface area contributed by atoms with Crippen molar-refractivity contribution in [1.29, 1.82) is 0 Å². The van der Waals surface area contributed by atoms with E-state index in [1.807, 2.05) is 37.3 Å². The molecule has 172 valence electrons. The predicted octanol–water partition coefficient (Wildman–Crippen LogP) is 3.93. The zero-order chi connectivity index (χ0) is 23.6. The Morgan fingerprint density at radius 3 is 2.70 bits per heavy atom. The van der Waals surface area contributed by atoms with Gasteiger partial charge in [0, 0.05) is 18.1 Å². The fourth-order valence-corrected chi connectivity index (χ4v) is 3.72. The number of carbonyl (C=O) groups excluding carboxylic acids is 2. The van der Waals surface area contributed by atoms with Crippen molar-refractivity contribution in [2.24, 2.45) is 7.05 Å². The smallest absolute Gasteiger partial charge is 0.244 e. The Morgan fingerprint density at radius 1 is 1.15 bits per heavy atom. The topological polar surface area (TPSA) is 98.1 Å². The average Bonchev–Trinajstić information content (AvgIpc) is 3.16. The van der Waals surface area contributed by atoms with Crippen LogP contribution in [0.2, 0.25) is 5.02 Å². The lowest BCUT2D eigenvalue weighted by Gasteiger charge is -2.11. The van der Waals surface area contributed by atoms with Gasteiger partial charge in [-0.15, -0.1) is 10.2 Å². The Morgan fingerprint density at radius 2 is 1.91 bits per heavy atom. The summed E-state index contributed by atoms with van der Waals surface area (Å²) in [6, 6.07) is 14.5. The minimum atomic E-state index is -0.278. The number of aromatic nitrogens is 3. The van der Waals surface area contributed by atoms with Crippen molar-refractivity contribution in [3.63, 3.8) is 0 Å². The zero-order valence-corrected chi connectivity index (χ0v) is 19.8. The summed E-state index contributed by atoms with van der Waals surface area (Å²) >= 11 is 7.33. The first kappa shape index (κ1) is 24.3. The first-order chi connectivity index (χ1) is 16.0. The highest BCUT2D eigenvalue weighted by Gasteiger charge is 2.13. The molecule has 8 nitrogen and oxygen atoms in total. The number of hydrogen-bond acceptors (Lipinski definition) is 6. The van der Waals surface area contributed by atoms with Crippen molar-refractivity contribution >= 4 is 46.9 Å². The monoisotopic (exact) mass is 485 g/mol. The molecule has 0 fully saturated rings. The highest BCUT2D eigenvalue weighted by Crippen LogP contribution is 2.24. The molecule has 0 aliphatic carbocycles. The molecule has 3 rings (SSSR count). The maximum absolute atomic E-state index is 12.4. The van der Waals surface area contributed by atoms with Crippen LogP contribution in [0.5, 0.6) is 5.75 Å². The van der Waals surface area contributed by atoms with Gasteiger partial charge in [0.25, 0.3) is 0 Å². The summed E-state index contributed by atoms with van der Waals surface area (Å²) in [5.41, 5.74) is 1.38. The van der Waals surface area contributed by atoms with E-state index in [-0.39, 0.29) is 24.1 Å². The Kier molecular flexibility index (Phi) is 8.91. The van der Waals surface area contributed by atoms with Gasteiger partial charge in [-0.2, -0.15) is 0 Å². The van der Waals surface area contributed by atoms with Crippen molar-refractivity contribution in [3.8, 4) is 5.75 Å². The van der Waals surface area contributed by atoms with Gasteiger partial charge < -0.3 is 19.9 Å². The van der Waals surface area contributed by atoms with Crippen LogP contribution in [0.3, 0.4) is 0 Å². The lowest BCUT2D eigenvalue weighted by atomic mass is 10.2.